The van der Waals surface area contributed by atoms with E-state index in [1.165, 1.54) is 42.4 Å². The van der Waals surface area contributed by atoms with E-state index in [1.807, 2.05) is 29.5 Å². The van der Waals surface area contributed by atoms with Gasteiger partial charge in [0.05, 0.1) is 16.7 Å². The predicted octanol–water partition coefficient (Wildman–Crippen LogP) is 15.8. The summed E-state index contributed by atoms with van der Waals surface area (Å²) in [5.41, 5.74) is 13.0. The molecule has 2 nitrogen and oxygen atoms in total. The zero-order valence-corrected chi connectivity index (χ0v) is 32.2. The van der Waals surface area contributed by atoms with Gasteiger partial charge in [0, 0.05) is 53.6 Å². The maximum absolute atomic E-state index is 14.8. The van der Waals surface area contributed by atoms with Crippen LogP contribution in [0.3, 0.4) is 0 Å². The van der Waals surface area contributed by atoms with Gasteiger partial charge in [-0.15, -0.1) is 11.3 Å². The van der Waals surface area contributed by atoms with Gasteiger partial charge in [0.25, 0.3) is 0 Å². The number of benzene rings is 9. The monoisotopic (exact) mass is 762 g/mol. The quantitative estimate of drug-likeness (QED) is 0.157. The third kappa shape index (κ3) is 5.85. The first-order valence-electron chi connectivity index (χ1n) is 19.5. The number of halogens is 1. The minimum absolute atomic E-state index is 0.250. The molecule has 9 aromatic carbocycles. The van der Waals surface area contributed by atoms with Gasteiger partial charge in [-0.05, 0) is 113 Å². The molecule has 0 N–H and O–H groups in total. The molecule has 11 rings (SSSR count). The average molecular weight is 763 g/mol. The van der Waals surface area contributed by atoms with Crippen LogP contribution in [0.1, 0.15) is 0 Å². The van der Waals surface area contributed by atoms with E-state index in [0.717, 1.165) is 55.7 Å². The number of para-hydroxylation sites is 2. The zero-order chi connectivity index (χ0) is 38.6. The van der Waals surface area contributed by atoms with Crippen molar-refractivity contribution in [2.45, 2.75) is 0 Å². The highest BCUT2D eigenvalue weighted by Crippen LogP contribution is 2.41. The van der Waals surface area contributed by atoms with E-state index in [1.54, 1.807) is 12.1 Å². The van der Waals surface area contributed by atoms with Crippen LogP contribution in [0.4, 0.5) is 21.5 Å². The molecule has 0 radical (unpaired) electrons. The van der Waals surface area contributed by atoms with Crippen molar-refractivity contribution < 1.29 is 4.39 Å². The summed E-state index contributed by atoms with van der Waals surface area (Å²) in [6, 6.07) is 74.3. The molecule has 11 aromatic rings. The Morgan fingerprint density at radius 3 is 1.64 bits per heavy atom. The van der Waals surface area contributed by atoms with Crippen LogP contribution < -0.4 is 4.90 Å². The van der Waals surface area contributed by atoms with Crippen molar-refractivity contribution >= 4 is 70.4 Å². The molecule has 0 amide bonds. The van der Waals surface area contributed by atoms with Gasteiger partial charge in [0.15, 0.2) is 0 Å². The second-order valence-electron chi connectivity index (χ2n) is 14.7. The highest BCUT2D eigenvalue weighted by molar-refractivity contribution is 7.25. The number of nitrogens with zero attached hydrogens (tertiary/aromatic N) is 2. The first-order chi connectivity index (χ1) is 28.7. The predicted molar refractivity (Wildman–Crippen MR) is 245 cm³/mol. The topological polar surface area (TPSA) is 8.17 Å². The lowest BCUT2D eigenvalue weighted by Crippen LogP contribution is -2.09. The van der Waals surface area contributed by atoms with Crippen LogP contribution in [-0.2, 0) is 0 Å². The molecule has 0 saturated carbocycles. The summed E-state index contributed by atoms with van der Waals surface area (Å²) in [6.07, 6.45) is 0. The van der Waals surface area contributed by atoms with Crippen LogP contribution in [0, 0.1) is 5.82 Å². The summed E-state index contributed by atoms with van der Waals surface area (Å²) in [4.78, 5) is 2.32. The Morgan fingerprint density at radius 1 is 0.362 bits per heavy atom. The molecular formula is C54H35FN2S. The van der Waals surface area contributed by atoms with Crippen molar-refractivity contribution in [2.24, 2.45) is 0 Å². The number of aromatic nitrogens is 1. The molecule has 0 saturated heterocycles. The van der Waals surface area contributed by atoms with Crippen molar-refractivity contribution in [3.05, 3.63) is 218 Å². The Morgan fingerprint density at radius 2 is 0.897 bits per heavy atom. The Hall–Kier alpha value is -7.27. The SMILES string of the molecule is Fc1ccc2c3ccccc3n(-c3ccccc3-c3ccc(N(c4ccc(-c5ccccc5)cc4)c4ccc(-c5ccc6sc7ccccc7c6c5)cc4)cc3)c2c1. The lowest BCUT2D eigenvalue weighted by Gasteiger charge is -2.26. The van der Waals surface area contributed by atoms with Crippen LogP contribution >= 0.6 is 11.3 Å². The number of fused-ring (bicyclic) bond motifs is 6. The molecule has 0 bridgehead atoms. The first kappa shape index (κ1) is 34.0. The van der Waals surface area contributed by atoms with E-state index in [2.05, 4.69) is 191 Å². The van der Waals surface area contributed by atoms with Crippen molar-refractivity contribution in [2.75, 3.05) is 4.90 Å². The van der Waals surface area contributed by atoms with Gasteiger partial charge in [-0.1, -0.05) is 127 Å². The van der Waals surface area contributed by atoms with Crippen LogP contribution in [0.25, 0.3) is 81.0 Å². The van der Waals surface area contributed by atoms with Gasteiger partial charge < -0.3 is 9.47 Å². The maximum Gasteiger partial charge on any atom is 0.125 e. The fourth-order valence-electron chi connectivity index (χ4n) is 8.50. The second-order valence-corrected chi connectivity index (χ2v) is 15.8. The van der Waals surface area contributed by atoms with Gasteiger partial charge in [-0.2, -0.15) is 0 Å². The fourth-order valence-corrected chi connectivity index (χ4v) is 9.58. The Kier molecular flexibility index (Phi) is 8.23. The van der Waals surface area contributed by atoms with Crippen LogP contribution in [0.5, 0.6) is 0 Å². The second kappa shape index (κ2) is 14.0. The number of hydrogen-bond acceptors (Lipinski definition) is 2. The van der Waals surface area contributed by atoms with Crippen LogP contribution in [0.2, 0.25) is 0 Å². The summed E-state index contributed by atoms with van der Waals surface area (Å²) in [7, 11) is 0. The summed E-state index contributed by atoms with van der Waals surface area (Å²) < 4.78 is 19.6. The normalized spacial score (nSPS) is 11.5. The molecule has 0 spiro atoms. The van der Waals surface area contributed by atoms with Crippen LogP contribution in [0.15, 0.2) is 212 Å². The molecule has 0 fully saturated rings. The standard InChI is InChI=1S/C54H35FN2S/c55-41-25-32-47-46-13-5-8-16-51(46)57(52(47)35-41)50-15-7-4-12-45(50)39-22-30-44(31-23-39)56(42-26-18-37(19-27-42)36-10-2-1-3-11-36)43-28-20-38(21-29-43)40-24-33-54-49(34-40)48-14-6-9-17-53(48)58-54/h1-35H. The molecule has 2 heterocycles. The van der Waals surface area contributed by atoms with Crippen molar-refractivity contribution in [3.8, 4) is 39.1 Å². The Bertz CT molecular complexity index is 3270. The molecular weight excluding hydrogens is 728 g/mol. The van der Waals surface area contributed by atoms with E-state index in [4.69, 9.17) is 0 Å². The van der Waals surface area contributed by atoms with E-state index in [9.17, 15) is 4.39 Å². The van der Waals surface area contributed by atoms with Gasteiger partial charge in [0.1, 0.15) is 5.82 Å². The summed E-state index contributed by atoms with van der Waals surface area (Å²) in [6.45, 7) is 0. The minimum atomic E-state index is -0.250. The number of rotatable bonds is 7. The third-order valence-corrected chi connectivity index (χ3v) is 12.4. The van der Waals surface area contributed by atoms with E-state index in [0.29, 0.717) is 0 Å². The van der Waals surface area contributed by atoms with Gasteiger partial charge in [-0.3, -0.25) is 0 Å². The zero-order valence-electron chi connectivity index (χ0n) is 31.4. The third-order valence-electron chi connectivity index (χ3n) is 11.3. The fraction of sp³-hybridized carbons (Fsp3) is 0. The van der Waals surface area contributed by atoms with Gasteiger partial charge in [0.2, 0.25) is 0 Å². The molecule has 2 aromatic heterocycles. The van der Waals surface area contributed by atoms with Crippen LogP contribution in [-0.4, -0.2) is 4.57 Å². The molecule has 0 aliphatic rings. The molecule has 58 heavy (non-hydrogen) atoms. The highest BCUT2D eigenvalue weighted by Gasteiger charge is 2.18. The lowest BCUT2D eigenvalue weighted by molar-refractivity contribution is 0.629. The van der Waals surface area contributed by atoms with E-state index in [-0.39, 0.29) is 5.82 Å². The molecule has 0 aliphatic heterocycles. The minimum Gasteiger partial charge on any atom is -0.311 e. The largest absolute Gasteiger partial charge is 0.311 e. The van der Waals surface area contributed by atoms with E-state index >= 15 is 0 Å². The highest BCUT2D eigenvalue weighted by atomic mass is 32.1. The van der Waals surface area contributed by atoms with Crippen molar-refractivity contribution in [1.29, 1.82) is 0 Å². The number of anilines is 3. The molecule has 4 heteroatoms. The lowest BCUT2D eigenvalue weighted by atomic mass is 10.0. The molecule has 0 unspecified atom stereocenters. The molecule has 0 aliphatic carbocycles. The Balaban J connectivity index is 0.994. The maximum atomic E-state index is 14.8. The summed E-state index contributed by atoms with van der Waals surface area (Å²) in [5, 5.41) is 4.74. The molecule has 274 valence electrons. The van der Waals surface area contributed by atoms with Crippen molar-refractivity contribution in [3.63, 3.8) is 0 Å². The molecule has 0 atom stereocenters. The average Bonchev–Trinajstić information content (AvgIpc) is 3.82. The first-order valence-corrected chi connectivity index (χ1v) is 20.3. The van der Waals surface area contributed by atoms with E-state index < -0.39 is 0 Å². The Labute approximate surface area is 339 Å². The number of thiophene rings is 1. The number of hydrogen-bond donors (Lipinski definition) is 0. The summed E-state index contributed by atoms with van der Waals surface area (Å²) >= 11 is 1.85. The van der Waals surface area contributed by atoms with Gasteiger partial charge in [-0.25, -0.2) is 4.39 Å². The smallest absolute Gasteiger partial charge is 0.125 e. The van der Waals surface area contributed by atoms with Gasteiger partial charge >= 0.3 is 0 Å². The summed E-state index contributed by atoms with van der Waals surface area (Å²) in [5.74, 6) is -0.250. The van der Waals surface area contributed by atoms with Crippen molar-refractivity contribution in [1.82, 2.24) is 4.57 Å².